The van der Waals surface area contributed by atoms with Crippen LogP contribution >= 0.6 is 43.2 Å². The molecule has 108 valence electrons. The predicted octanol–water partition coefficient (Wildman–Crippen LogP) is 5.52. The number of ether oxygens (including phenoxy) is 1. The smallest absolute Gasteiger partial charge is 0.125 e. The first kappa shape index (κ1) is 16.0. The van der Waals surface area contributed by atoms with Crippen molar-refractivity contribution >= 4 is 43.2 Å². The number of benzene rings is 1. The second-order valence-corrected chi connectivity index (χ2v) is 7.21. The number of rotatable bonds is 6. The molecular weight excluding hydrogens is 402 g/mol. The van der Waals surface area contributed by atoms with Crippen molar-refractivity contribution < 1.29 is 4.74 Å². The van der Waals surface area contributed by atoms with Crippen LogP contribution in [-0.4, -0.2) is 6.54 Å². The van der Waals surface area contributed by atoms with E-state index in [2.05, 4.69) is 68.5 Å². The van der Waals surface area contributed by atoms with E-state index < -0.39 is 0 Å². The molecule has 1 atom stereocenters. The third kappa shape index (κ3) is 4.07. The van der Waals surface area contributed by atoms with E-state index in [1.54, 1.807) is 11.3 Å². The summed E-state index contributed by atoms with van der Waals surface area (Å²) in [7, 11) is 0. The molecule has 1 unspecified atom stereocenters. The van der Waals surface area contributed by atoms with Crippen LogP contribution in [0, 0.1) is 0 Å². The first-order valence-corrected chi connectivity index (χ1v) is 8.96. The van der Waals surface area contributed by atoms with Gasteiger partial charge in [-0.25, -0.2) is 0 Å². The topological polar surface area (TPSA) is 21.3 Å². The van der Waals surface area contributed by atoms with Crippen molar-refractivity contribution in [3.63, 3.8) is 0 Å². The van der Waals surface area contributed by atoms with Gasteiger partial charge >= 0.3 is 0 Å². The van der Waals surface area contributed by atoms with Crippen molar-refractivity contribution in [1.82, 2.24) is 5.32 Å². The van der Waals surface area contributed by atoms with E-state index >= 15 is 0 Å². The monoisotopic (exact) mass is 417 g/mol. The summed E-state index contributed by atoms with van der Waals surface area (Å²) in [6.45, 7) is 5.78. The molecule has 20 heavy (non-hydrogen) atoms. The maximum atomic E-state index is 6.02. The van der Waals surface area contributed by atoms with Crippen LogP contribution in [-0.2, 0) is 6.61 Å². The zero-order valence-electron chi connectivity index (χ0n) is 11.5. The Morgan fingerprint density at radius 3 is 2.75 bits per heavy atom. The van der Waals surface area contributed by atoms with Gasteiger partial charge in [0, 0.05) is 20.6 Å². The van der Waals surface area contributed by atoms with E-state index in [0.717, 1.165) is 21.2 Å². The van der Waals surface area contributed by atoms with Gasteiger partial charge in [0.05, 0.1) is 4.88 Å². The van der Waals surface area contributed by atoms with E-state index in [-0.39, 0.29) is 6.04 Å². The van der Waals surface area contributed by atoms with Gasteiger partial charge in [-0.3, -0.25) is 0 Å². The van der Waals surface area contributed by atoms with E-state index in [1.807, 2.05) is 12.1 Å². The summed E-state index contributed by atoms with van der Waals surface area (Å²) in [5, 5.41) is 5.49. The number of nitrogens with one attached hydrogen (secondary N) is 1. The minimum absolute atomic E-state index is 0.273. The van der Waals surface area contributed by atoms with Gasteiger partial charge in [-0.05, 0) is 53.0 Å². The van der Waals surface area contributed by atoms with Gasteiger partial charge < -0.3 is 10.1 Å². The van der Waals surface area contributed by atoms with Crippen molar-refractivity contribution in [2.45, 2.75) is 26.5 Å². The van der Waals surface area contributed by atoms with Crippen LogP contribution in [0.4, 0.5) is 0 Å². The Morgan fingerprint density at radius 1 is 1.30 bits per heavy atom. The molecule has 1 N–H and O–H groups in total. The van der Waals surface area contributed by atoms with Crippen molar-refractivity contribution in [3.8, 4) is 5.75 Å². The summed E-state index contributed by atoms with van der Waals surface area (Å²) in [6, 6.07) is 8.51. The van der Waals surface area contributed by atoms with Crippen molar-refractivity contribution in [2.24, 2.45) is 0 Å². The standard InChI is InChI=1S/C15H17Br2NOS/c1-3-18-10(2)12-5-4-11(16)8-14(12)19-9-15-13(17)6-7-20-15/h4-8,10,18H,3,9H2,1-2H3. The van der Waals surface area contributed by atoms with Crippen LogP contribution in [0.2, 0.25) is 0 Å². The maximum absolute atomic E-state index is 6.02. The average Bonchev–Trinajstić information content (AvgIpc) is 2.82. The Bertz CT molecular complexity index is 571. The predicted molar refractivity (Wildman–Crippen MR) is 92.6 cm³/mol. The summed E-state index contributed by atoms with van der Waals surface area (Å²) in [5.41, 5.74) is 1.18. The molecule has 5 heteroatoms. The molecule has 2 aromatic rings. The molecule has 0 radical (unpaired) electrons. The Morgan fingerprint density at radius 2 is 2.10 bits per heavy atom. The fraction of sp³-hybridized carbons (Fsp3) is 0.333. The lowest BCUT2D eigenvalue weighted by Gasteiger charge is -2.18. The summed E-state index contributed by atoms with van der Waals surface area (Å²) in [5.74, 6) is 0.924. The molecule has 1 heterocycles. The lowest BCUT2D eigenvalue weighted by atomic mass is 10.1. The summed E-state index contributed by atoms with van der Waals surface area (Å²) in [6.07, 6.45) is 0. The van der Waals surface area contributed by atoms with E-state index in [1.165, 1.54) is 10.4 Å². The van der Waals surface area contributed by atoms with Gasteiger partial charge in [-0.15, -0.1) is 11.3 Å². The van der Waals surface area contributed by atoms with Crippen LogP contribution in [0.5, 0.6) is 5.75 Å². The van der Waals surface area contributed by atoms with Gasteiger partial charge in [-0.1, -0.05) is 28.9 Å². The maximum Gasteiger partial charge on any atom is 0.125 e. The first-order chi connectivity index (χ1) is 9.61. The van der Waals surface area contributed by atoms with Crippen LogP contribution in [0.25, 0.3) is 0 Å². The van der Waals surface area contributed by atoms with E-state index in [0.29, 0.717) is 6.61 Å². The van der Waals surface area contributed by atoms with E-state index in [4.69, 9.17) is 4.74 Å². The summed E-state index contributed by atoms with van der Waals surface area (Å²) >= 11 is 8.74. The van der Waals surface area contributed by atoms with Crippen LogP contribution in [0.15, 0.2) is 38.6 Å². The lowest BCUT2D eigenvalue weighted by Crippen LogP contribution is -2.18. The van der Waals surface area contributed by atoms with Crippen molar-refractivity contribution in [1.29, 1.82) is 0 Å². The molecular formula is C15H17Br2NOS. The molecule has 1 aromatic heterocycles. The zero-order chi connectivity index (χ0) is 14.5. The summed E-state index contributed by atoms with van der Waals surface area (Å²) in [4.78, 5) is 1.20. The van der Waals surface area contributed by atoms with Crippen LogP contribution in [0.1, 0.15) is 30.3 Å². The second kappa shape index (κ2) is 7.59. The molecule has 0 aliphatic carbocycles. The molecule has 2 nitrogen and oxygen atoms in total. The number of hydrogen-bond donors (Lipinski definition) is 1. The Kier molecular flexibility index (Phi) is 6.08. The van der Waals surface area contributed by atoms with Crippen LogP contribution < -0.4 is 10.1 Å². The van der Waals surface area contributed by atoms with Gasteiger partial charge in [0.2, 0.25) is 0 Å². The van der Waals surface area contributed by atoms with Crippen LogP contribution in [0.3, 0.4) is 0 Å². The molecule has 0 fully saturated rings. The minimum Gasteiger partial charge on any atom is -0.488 e. The lowest BCUT2D eigenvalue weighted by molar-refractivity contribution is 0.302. The normalized spacial score (nSPS) is 12.4. The van der Waals surface area contributed by atoms with Gasteiger partial charge in [0.1, 0.15) is 12.4 Å². The fourth-order valence-electron chi connectivity index (χ4n) is 1.98. The molecule has 0 bridgehead atoms. The molecule has 0 spiro atoms. The van der Waals surface area contributed by atoms with E-state index in [9.17, 15) is 0 Å². The zero-order valence-corrected chi connectivity index (χ0v) is 15.4. The molecule has 0 aliphatic heterocycles. The number of halogens is 2. The quantitative estimate of drug-likeness (QED) is 0.666. The molecule has 0 amide bonds. The van der Waals surface area contributed by atoms with Gasteiger partial charge in [0.15, 0.2) is 0 Å². The molecule has 0 saturated heterocycles. The highest BCUT2D eigenvalue weighted by molar-refractivity contribution is 9.10. The first-order valence-electron chi connectivity index (χ1n) is 6.49. The highest BCUT2D eigenvalue weighted by Crippen LogP contribution is 2.31. The SMILES string of the molecule is CCNC(C)c1ccc(Br)cc1OCc1sccc1Br. The molecule has 1 aromatic carbocycles. The Balaban J connectivity index is 2.17. The van der Waals surface area contributed by atoms with Gasteiger partial charge in [-0.2, -0.15) is 0 Å². The Labute approximate surface area is 140 Å². The number of thiophene rings is 1. The summed E-state index contributed by atoms with van der Waals surface area (Å²) < 4.78 is 8.16. The highest BCUT2D eigenvalue weighted by Gasteiger charge is 2.12. The third-order valence-electron chi connectivity index (χ3n) is 3.00. The molecule has 2 rings (SSSR count). The Hall–Kier alpha value is -0.360. The average molecular weight is 419 g/mol. The minimum atomic E-state index is 0.273. The van der Waals surface area contributed by atoms with Gasteiger partial charge in [0.25, 0.3) is 0 Å². The second-order valence-electron chi connectivity index (χ2n) is 4.44. The molecule has 0 saturated carbocycles. The molecule has 0 aliphatic rings. The van der Waals surface area contributed by atoms with Crippen molar-refractivity contribution in [2.75, 3.05) is 6.54 Å². The fourth-order valence-corrected chi connectivity index (χ4v) is 3.70. The highest BCUT2D eigenvalue weighted by atomic mass is 79.9. The largest absolute Gasteiger partial charge is 0.488 e. The van der Waals surface area contributed by atoms with Crippen molar-refractivity contribution in [3.05, 3.63) is 49.0 Å². The number of hydrogen-bond acceptors (Lipinski definition) is 3. The third-order valence-corrected chi connectivity index (χ3v) is 5.40.